The monoisotopic (exact) mass is 279 g/mol. The highest BCUT2D eigenvalue weighted by Gasteiger charge is 2.21. The van der Waals surface area contributed by atoms with Crippen LogP contribution in [-0.2, 0) is 9.53 Å². The van der Waals surface area contributed by atoms with Crippen LogP contribution in [0.1, 0.15) is 16.1 Å². The first-order valence-electron chi connectivity index (χ1n) is 5.77. The van der Waals surface area contributed by atoms with Crippen LogP contribution in [0.2, 0.25) is 0 Å². The van der Waals surface area contributed by atoms with E-state index in [1.165, 1.54) is 13.3 Å². The van der Waals surface area contributed by atoms with E-state index in [0.29, 0.717) is 16.8 Å². The van der Waals surface area contributed by atoms with E-state index in [0.717, 1.165) is 0 Å². The van der Waals surface area contributed by atoms with Gasteiger partial charge in [-0.25, -0.2) is 9.78 Å². The average Bonchev–Trinajstić information content (AvgIpc) is 2.79. The van der Waals surface area contributed by atoms with Crippen LogP contribution in [0, 0.1) is 6.92 Å². The van der Waals surface area contributed by atoms with Crippen molar-refractivity contribution in [1.29, 1.82) is 0 Å². The van der Waals surface area contributed by atoms with Crippen LogP contribution in [0.15, 0.2) is 16.8 Å². The molecule has 0 saturated carbocycles. The van der Waals surface area contributed by atoms with Gasteiger partial charge in [0.05, 0.1) is 23.3 Å². The third-order valence-corrected chi connectivity index (χ3v) is 2.71. The number of hydrogen-bond acceptors (Lipinski definition) is 6. The van der Waals surface area contributed by atoms with E-state index in [-0.39, 0.29) is 12.2 Å². The molecule has 0 radical (unpaired) electrons. The van der Waals surface area contributed by atoms with Gasteiger partial charge in [0.15, 0.2) is 6.04 Å². The summed E-state index contributed by atoms with van der Waals surface area (Å²) in [5, 5.41) is 15.6. The topological polar surface area (TPSA) is 115 Å². The predicted octanol–water partition coefficient (Wildman–Crippen LogP) is 0.361. The zero-order chi connectivity index (χ0) is 14.7. The van der Waals surface area contributed by atoms with Crippen molar-refractivity contribution < 1.29 is 24.0 Å². The summed E-state index contributed by atoms with van der Waals surface area (Å²) in [4.78, 5) is 26.9. The number of aliphatic carboxylic acids is 1. The summed E-state index contributed by atoms with van der Waals surface area (Å²) in [6, 6.07) is 0.432. The minimum atomic E-state index is -1.17. The minimum absolute atomic E-state index is 0.122. The lowest BCUT2D eigenvalue weighted by Crippen LogP contribution is -2.43. The molecule has 0 aliphatic heterocycles. The number of nitrogens with zero attached hydrogens (tertiary/aromatic N) is 2. The number of rotatable bonds is 5. The van der Waals surface area contributed by atoms with E-state index < -0.39 is 17.9 Å². The zero-order valence-electron chi connectivity index (χ0n) is 10.9. The Morgan fingerprint density at radius 2 is 2.30 bits per heavy atom. The summed E-state index contributed by atoms with van der Waals surface area (Å²) in [7, 11) is 1.36. The van der Waals surface area contributed by atoms with Gasteiger partial charge in [0.1, 0.15) is 0 Å². The maximum absolute atomic E-state index is 12.0. The summed E-state index contributed by atoms with van der Waals surface area (Å²) < 4.78 is 9.68. The van der Waals surface area contributed by atoms with Crippen LogP contribution in [0.5, 0.6) is 0 Å². The number of methoxy groups -OCH3 is 1. The molecule has 0 saturated heterocycles. The zero-order valence-corrected chi connectivity index (χ0v) is 10.9. The number of carboxylic acid groups (broad SMARTS) is 1. The van der Waals surface area contributed by atoms with Crippen molar-refractivity contribution in [3.63, 3.8) is 0 Å². The van der Waals surface area contributed by atoms with Crippen LogP contribution in [0.3, 0.4) is 0 Å². The van der Waals surface area contributed by atoms with Gasteiger partial charge in [0.25, 0.3) is 11.6 Å². The number of fused-ring (bicyclic) bond motifs is 1. The molecule has 2 aromatic rings. The summed E-state index contributed by atoms with van der Waals surface area (Å²) in [6.45, 7) is 1.60. The highest BCUT2D eigenvalue weighted by atomic mass is 16.5. The Morgan fingerprint density at radius 3 is 2.95 bits per heavy atom. The lowest BCUT2D eigenvalue weighted by molar-refractivity contribution is -0.140. The molecule has 0 fully saturated rings. The summed E-state index contributed by atoms with van der Waals surface area (Å²) >= 11 is 0. The van der Waals surface area contributed by atoms with Crippen molar-refractivity contribution in [2.75, 3.05) is 13.7 Å². The van der Waals surface area contributed by atoms with Gasteiger partial charge in [-0.1, -0.05) is 5.16 Å². The van der Waals surface area contributed by atoms with E-state index in [1.807, 2.05) is 0 Å². The second-order valence-corrected chi connectivity index (χ2v) is 4.16. The van der Waals surface area contributed by atoms with Crippen LogP contribution in [-0.4, -0.2) is 46.9 Å². The maximum atomic E-state index is 12.0. The molecule has 8 heteroatoms. The molecule has 0 aliphatic rings. The van der Waals surface area contributed by atoms with Crippen LogP contribution >= 0.6 is 0 Å². The molecule has 2 aromatic heterocycles. The molecule has 0 bridgehead atoms. The van der Waals surface area contributed by atoms with Crippen molar-refractivity contribution in [3.8, 4) is 0 Å². The molecule has 1 unspecified atom stereocenters. The van der Waals surface area contributed by atoms with E-state index in [1.54, 1.807) is 13.0 Å². The molecular weight excluding hydrogens is 266 g/mol. The number of aromatic nitrogens is 2. The number of hydrogen-bond donors (Lipinski definition) is 2. The smallest absolute Gasteiger partial charge is 0.328 e. The Hall–Kier alpha value is -2.48. The van der Waals surface area contributed by atoms with Gasteiger partial charge in [-0.2, -0.15) is 0 Å². The van der Waals surface area contributed by atoms with Crippen molar-refractivity contribution in [2.24, 2.45) is 0 Å². The van der Waals surface area contributed by atoms with Crippen molar-refractivity contribution in [3.05, 3.63) is 23.5 Å². The molecule has 1 atom stereocenters. The minimum Gasteiger partial charge on any atom is -0.480 e. The van der Waals surface area contributed by atoms with Crippen LogP contribution in [0.4, 0.5) is 0 Å². The van der Waals surface area contributed by atoms with Gasteiger partial charge < -0.3 is 19.7 Å². The van der Waals surface area contributed by atoms with Gasteiger partial charge in [-0.15, -0.1) is 0 Å². The number of amides is 1. The SMILES string of the molecule is COCC(NC(=O)c1cnc2onc(C)c2c1)C(=O)O. The number of nitrogens with one attached hydrogen (secondary N) is 1. The van der Waals surface area contributed by atoms with Crippen LogP contribution < -0.4 is 5.32 Å². The molecular formula is C12H13N3O5. The molecule has 2 N–H and O–H groups in total. The molecule has 0 aliphatic carbocycles. The van der Waals surface area contributed by atoms with Crippen molar-refractivity contribution in [2.45, 2.75) is 13.0 Å². The van der Waals surface area contributed by atoms with E-state index in [4.69, 9.17) is 14.4 Å². The third-order valence-electron chi connectivity index (χ3n) is 2.71. The maximum Gasteiger partial charge on any atom is 0.328 e. The highest BCUT2D eigenvalue weighted by Crippen LogP contribution is 2.16. The number of carboxylic acids is 1. The number of carbonyl (C=O) groups is 2. The van der Waals surface area contributed by atoms with E-state index in [2.05, 4.69) is 15.5 Å². The molecule has 20 heavy (non-hydrogen) atoms. The molecule has 2 heterocycles. The van der Waals surface area contributed by atoms with Gasteiger partial charge in [0.2, 0.25) is 0 Å². The fourth-order valence-corrected chi connectivity index (χ4v) is 1.65. The first-order chi connectivity index (χ1) is 9.52. The summed E-state index contributed by atoms with van der Waals surface area (Å²) in [5.41, 5.74) is 1.16. The van der Waals surface area contributed by atoms with Crippen LogP contribution in [0.25, 0.3) is 11.1 Å². The van der Waals surface area contributed by atoms with Gasteiger partial charge in [-0.05, 0) is 13.0 Å². The third kappa shape index (κ3) is 2.75. The second-order valence-electron chi connectivity index (χ2n) is 4.16. The number of aryl methyl sites for hydroxylation is 1. The van der Waals surface area contributed by atoms with Gasteiger partial charge >= 0.3 is 5.97 Å². The quantitative estimate of drug-likeness (QED) is 0.812. The van der Waals surface area contributed by atoms with Crippen molar-refractivity contribution >= 4 is 23.0 Å². The first kappa shape index (κ1) is 13.9. The molecule has 0 spiro atoms. The molecule has 106 valence electrons. The fraction of sp³-hybridized carbons (Fsp3) is 0.333. The molecule has 1 amide bonds. The Morgan fingerprint density at radius 1 is 1.55 bits per heavy atom. The number of pyridine rings is 1. The Bertz CT molecular complexity index is 652. The fourth-order valence-electron chi connectivity index (χ4n) is 1.65. The largest absolute Gasteiger partial charge is 0.480 e. The highest BCUT2D eigenvalue weighted by molar-refractivity contribution is 5.98. The molecule has 0 aromatic carbocycles. The average molecular weight is 279 g/mol. The Balaban J connectivity index is 2.22. The first-order valence-corrected chi connectivity index (χ1v) is 5.77. The second kappa shape index (κ2) is 5.66. The Labute approximate surface area is 113 Å². The number of carbonyl (C=O) groups excluding carboxylic acids is 1. The lowest BCUT2D eigenvalue weighted by atomic mass is 10.2. The molecule has 2 rings (SSSR count). The summed E-state index contributed by atoms with van der Waals surface area (Å²) in [6.07, 6.45) is 1.30. The van der Waals surface area contributed by atoms with E-state index in [9.17, 15) is 9.59 Å². The van der Waals surface area contributed by atoms with Crippen molar-refractivity contribution in [1.82, 2.24) is 15.5 Å². The molecule has 8 nitrogen and oxygen atoms in total. The summed E-state index contributed by atoms with van der Waals surface area (Å²) in [5.74, 6) is -1.72. The van der Waals surface area contributed by atoms with Gasteiger partial charge in [0, 0.05) is 13.3 Å². The van der Waals surface area contributed by atoms with E-state index >= 15 is 0 Å². The standard InChI is InChI=1S/C12H13N3O5/c1-6-8-3-7(4-13-11(8)20-15-6)10(16)14-9(5-19-2)12(17)18/h3-4,9H,5H2,1-2H3,(H,14,16)(H,17,18). The van der Waals surface area contributed by atoms with Gasteiger partial charge in [-0.3, -0.25) is 4.79 Å². The Kier molecular flexibility index (Phi) is 3.94. The predicted molar refractivity (Wildman–Crippen MR) is 67.3 cm³/mol. The normalized spacial score (nSPS) is 12.3. The number of ether oxygens (including phenoxy) is 1. The lowest BCUT2D eigenvalue weighted by Gasteiger charge is -2.13.